The van der Waals surface area contributed by atoms with Crippen LogP contribution in [0.4, 0.5) is 0 Å². The number of carbonyl (C=O) groups is 3. The smallest absolute Gasteiger partial charge is 0.308 e. The number of carboxylic acids is 1. The van der Waals surface area contributed by atoms with Gasteiger partial charge in [0.05, 0.1) is 30.6 Å². The SMILES string of the molecule is CCC(CNC(=O)CSCC(=O)N1CCOCC1)C(=O)O. The summed E-state index contributed by atoms with van der Waals surface area (Å²) in [7, 11) is 0. The zero-order valence-electron chi connectivity index (χ0n) is 12.2. The zero-order valence-corrected chi connectivity index (χ0v) is 13.0. The molecule has 7 nitrogen and oxygen atoms in total. The molecule has 0 aromatic rings. The minimum absolute atomic E-state index is 0.00747. The highest BCUT2D eigenvalue weighted by Gasteiger charge is 2.18. The fraction of sp³-hybridized carbons (Fsp3) is 0.769. The molecule has 120 valence electrons. The van der Waals surface area contributed by atoms with E-state index in [2.05, 4.69) is 5.32 Å². The van der Waals surface area contributed by atoms with Gasteiger partial charge in [0.2, 0.25) is 11.8 Å². The molecule has 1 unspecified atom stereocenters. The summed E-state index contributed by atoms with van der Waals surface area (Å²) in [6.45, 7) is 4.21. The Morgan fingerprint density at radius 2 is 1.95 bits per heavy atom. The van der Waals surface area contributed by atoms with Crippen molar-refractivity contribution in [2.45, 2.75) is 13.3 Å². The van der Waals surface area contributed by atoms with Crippen LogP contribution < -0.4 is 5.32 Å². The number of carbonyl (C=O) groups excluding carboxylic acids is 2. The number of carboxylic acid groups (broad SMARTS) is 1. The van der Waals surface area contributed by atoms with Gasteiger partial charge in [-0.2, -0.15) is 0 Å². The van der Waals surface area contributed by atoms with Crippen molar-refractivity contribution in [3.63, 3.8) is 0 Å². The molecule has 2 amide bonds. The minimum Gasteiger partial charge on any atom is -0.481 e. The third kappa shape index (κ3) is 6.81. The third-order valence-electron chi connectivity index (χ3n) is 3.21. The number of hydrogen-bond acceptors (Lipinski definition) is 5. The number of morpholine rings is 1. The summed E-state index contributed by atoms with van der Waals surface area (Å²) in [6.07, 6.45) is 0.471. The number of hydrogen-bond donors (Lipinski definition) is 2. The first kappa shape index (κ1) is 17.8. The van der Waals surface area contributed by atoms with E-state index in [4.69, 9.17) is 9.84 Å². The summed E-state index contributed by atoms with van der Waals surface area (Å²) in [5.74, 6) is -1.29. The highest BCUT2D eigenvalue weighted by Crippen LogP contribution is 2.05. The van der Waals surface area contributed by atoms with Gasteiger partial charge in [0, 0.05) is 19.6 Å². The van der Waals surface area contributed by atoms with Gasteiger partial charge in [0.25, 0.3) is 0 Å². The number of rotatable bonds is 8. The van der Waals surface area contributed by atoms with Crippen LogP contribution in [-0.2, 0) is 19.1 Å². The van der Waals surface area contributed by atoms with Crippen molar-refractivity contribution in [3.8, 4) is 0 Å². The minimum atomic E-state index is -0.909. The van der Waals surface area contributed by atoms with E-state index in [1.165, 1.54) is 11.8 Å². The summed E-state index contributed by atoms with van der Waals surface area (Å²) in [4.78, 5) is 35.9. The second-order valence-corrected chi connectivity index (χ2v) is 5.72. The van der Waals surface area contributed by atoms with Crippen LogP contribution >= 0.6 is 11.8 Å². The van der Waals surface area contributed by atoms with Gasteiger partial charge >= 0.3 is 5.97 Å². The van der Waals surface area contributed by atoms with Crippen molar-refractivity contribution in [1.82, 2.24) is 10.2 Å². The lowest BCUT2D eigenvalue weighted by molar-refractivity contribution is -0.141. The van der Waals surface area contributed by atoms with Gasteiger partial charge in [-0.3, -0.25) is 14.4 Å². The average Bonchev–Trinajstić information content (AvgIpc) is 2.48. The van der Waals surface area contributed by atoms with Crippen LogP contribution in [0.1, 0.15) is 13.3 Å². The van der Waals surface area contributed by atoms with E-state index < -0.39 is 11.9 Å². The van der Waals surface area contributed by atoms with Crippen LogP contribution in [0.3, 0.4) is 0 Å². The van der Waals surface area contributed by atoms with E-state index in [-0.39, 0.29) is 29.9 Å². The molecule has 1 aliphatic rings. The van der Waals surface area contributed by atoms with E-state index in [0.29, 0.717) is 32.7 Å². The fourth-order valence-corrected chi connectivity index (χ4v) is 2.58. The Morgan fingerprint density at radius 3 is 2.52 bits per heavy atom. The number of aliphatic carboxylic acids is 1. The van der Waals surface area contributed by atoms with Crippen molar-refractivity contribution in [3.05, 3.63) is 0 Å². The molecule has 1 heterocycles. The zero-order chi connectivity index (χ0) is 15.7. The van der Waals surface area contributed by atoms with Gasteiger partial charge in [0.1, 0.15) is 0 Å². The Morgan fingerprint density at radius 1 is 1.29 bits per heavy atom. The van der Waals surface area contributed by atoms with E-state index in [1.807, 2.05) is 0 Å². The number of ether oxygens (including phenoxy) is 1. The molecule has 1 fully saturated rings. The lowest BCUT2D eigenvalue weighted by Gasteiger charge is -2.26. The first-order valence-electron chi connectivity index (χ1n) is 6.97. The van der Waals surface area contributed by atoms with E-state index in [0.717, 1.165) is 0 Å². The van der Waals surface area contributed by atoms with Crippen molar-refractivity contribution in [2.24, 2.45) is 5.92 Å². The second-order valence-electron chi connectivity index (χ2n) is 4.73. The van der Waals surface area contributed by atoms with Crippen LogP contribution in [0.25, 0.3) is 0 Å². The predicted octanol–water partition coefficient (Wildman–Crippen LogP) is -0.195. The summed E-state index contributed by atoms with van der Waals surface area (Å²) in [6, 6.07) is 0. The van der Waals surface area contributed by atoms with Gasteiger partial charge in [-0.15, -0.1) is 11.8 Å². The summed E-state index contributed by atoms with van der Waals surface area (Å²) >= 11 is 1.24. The molecule has 2 N–H and O–H groups in total. The molecule has 0 aromatic heterocycles. The van der Waals surface area contributed by atoms with E-state index in [1.54, 1.807) is 11.8 Å². The highest BCUT2D eigenvalue weighted by molar-refractivity contribution is 8.00. The Labute approximate surface area is 128 Å². The van der Waals surface area contributed by atoms with E-state index in [9.17, 15) is 14.4 Å². The summed E-state index contributed by atoms with van der Waals surface area (Å²) in [5.41, 5.74) is 0. The molecule has 1 aliphatic heterocycles. The highest BCUT2D eigenvalue weighted by atomic mass is 32.2. The Kier molecular flexibility index (Phi) is 8.14. The molecule has 0 spiro atoms. The fourth-order valence-electron chi connectivity index (χ4n) is 1.83. The maximum Gasteiger partial charge on any atom is 0.308 e. The van der Waals surface area contributed by atoms with Crippen LogP contribution in [0.5, 0.6) is 0 Å². The van der Waals surface area contributed by atoms with Crippen molar-refractivity contribution in [1.29, 1.82) is 0 Å². The molecule has 0 bridgehead atoms. The van der Waals surface area contributed by atoms with Crippen LogP contribution in [-0.4, -0.2) is 72.1 Å². The quantitative estimate of drug-likeness (QED) is 0.644. The second kappa shape index (κ2) is 9.62. The van der Waals surface area contributed by atoms with Gasteiger partial charge in [-0.1, -0.05) is 6.92 Å². The molecule has 0 saturated carbocycles. The molecule has 0 aliphatic carbocycles. The monoisotopic (exact) mass is 318 g/mol. The van der Waals surface area contributed by atoms with Crippen LogP contribution in [0.2, 0.25) is 0 Å². The predicted molar refractivity (Wildman–Crippen MR) is 79.2 cm³/mol. The number of amides is 2. The summed E-state index contributed by atoms with van der Waals surface area (Å²) in [5, 5.41) is 11.4. The largest absolute Gasteiger partial charge is 0.481 e. The molecule has 1 saturated heterocycles. The normalized spacial score (nSPS) is 16.3. The summed E-state index contributed by atoms with van der Waals surface area (Å²) < 4.78 is 5.16. The topological polar surface area (TPSA) is 95.9 Å². The third-order valence-corrected chi connectivity index (χ3v) is 4.13. The van der Waals surface area contributed by atoms with Gasteiger partial charge in [0.15, 0.2) is 0 Å². The number of thioether (sulfide) groups is 1. The molecule has 0 radical (unpaired) electrons. The molecule has 1 atom stereocenters. The maximum absolute atomic E-state index is 11.8. The standard InChI is InChI=1S/C13H22N2O5S/c1-2-10(13(18)19)7-14-11(16)8-21-9-12(17)15-3-5-20-6-4-15/h10H,2-9H2,1H3,(H,14,16)(H,18,19). The average molecular weight is 318 g/mol. The first-order chi connectivity index (χ1) is 10.0. The molecule has 0 aromatic carbocycles. The van der Waals surface area contributed by atoms with Gasteiger partial charge < -0.3 is 20.1 Å². The molecule has 1 rings (SSSR count). The van der Waals surface area contributed by atoms with Crippen molar-refractivity contribution < 1.29 is 24.2 Å². The molecular formula is C13H22N2O5S. The van der Waals surface area contributed by atoms with Crippen molar-refractivity contribution >= 4 is 29.5 Å². The Balaban J connectivity index is 2.15. The Bertz CT molecular complexity index is 372. The van der Waals surface area contributed by atoms with Gasteiger partial charge in [-0.05, 0) is 6.42 Å². The van der Waals surface area contributed by atoms with Crippen LogP contribution in [0.15, 0.2) is 0 Å². The maximum atomic E-state index is 11.8. The molecular weight excluding hydrogens is 296 g/mol. The Hall–Kier alpha value is -1.28. The lowest BCUT2D eigenvalue weighted by atomic mass is 10.1. The van der Waals surface area contributed by atoms with Crippen LogP contribution in [0, 0.1) is 5.92 Å². The first-order valence-corrected chi connectivity index (χ1v) is 8.12. The molecule has 8 heteroatoms. The number of nitrogens with one attached hydrogen (secondary N) is 1. The van der Waals surface area contributed by atoms with E-state index >= 15 is 0 Å². The van der Waals surface area contributed by atoms with Crippen molar-refractivity contribution in [2.75, 3.05) is 44.4 Å². The molecule has 21 heavy (non-hydrogen) atoms. The lowest BCUT2D eigenvalue weighted by Crippen LogP contribution is -2.41. The van der Waals surface area contributed by atoms with Gasteiger partial charge in [-0.25, -0.2) is 0 Å². The number of nitrogens with zero attached hydrogens (tertiary/aromatic N) is 1.